The van der Waals surface area contributed by atoms with Crippen LogP contribution in [0.3, 0.4) is 0 Å². The molecule has 3 saturated carbocycles. The molecular formula is C24H28O5. The first kappa shape index (κ1) is 19.0. The zero-order valence-electron chi connectivity index (χ0n) is 17.4. The van der Waals surface area contributed by atoms with E-state index in [2.05, 4.69) is 19.9 Å². The van der Waals surface area contributed by atoms with Crippen molar-refractivity contribution in [3.8, 4) is 0 Å². The number of carbonyl (C=O) groups excluding carboxylic acids is 4. The Balaban J connectivity index is 1.76. The highest BCUT2D eigenvalue weighted by Gasteiger charge is 2.67. The lowest BCUT2D eigenvalue weighted by molar-refractivity contribution is -0.145. The number of rotatable bonds is 1. The van der Waals surface area contributed by atoms with Crippen LogP contribution in [0.15, 0.2) is 22.8 Å². The molecule has 29 heavy (non-hydrogen) atoms. The molecule has 0 aromatic rings. The van der Waals surface area contributed by atoms with Crippen LogP contribution in [0.2, 0.25) is 0 Å². The van der Waals surface area contributed by atoms with Gasteiger partial charge in [-0.05, 0) is 60.0 Å². The average molecular weight is 396 g/mol. The second kappa shape index (κ2) is 5.77. The second-order valence-corrected chi connectivity index (χ2v) is 10.2. The van der Waals surface area contributed by atoms with E-state index in [1.54, 1.807) is 0 Å². The molecule has 5 atom stereocenters. The van der Waals surface area contributed by atoms with Crippen molar-refractivity contribution in [3.63, 3.8) is 0 Å². The van der Waals surface area contributed by atoms with Crippen molar-refractivity contribution in [2.75, 3.05) is 7.11 Å². The molecule has 0 aromatic heterocycles. The summed E-state index contributed by atoms with van der Waals surface area (Å²) >= 11 is 0. The number of fused-ring (bicyclic) bond motifs is 4. The van der Waals surface area contributed by atoms with Crippen LogP contribution in [-0.4, -0.2) is 30.4 Å². The van der Waals surface area contributed by atoms with Gasteiger partial charge in [0, 0.05) is 25.2 Å². The fraction of sp³-hybridized carbons (Fsp3) is 0.667. The quantitative estimate of drug-likeness (QED) is 0.501. The molecule has 0 aliphatic heterocycles. The third-order valence-corrected chi connectivity index (χ3v) is 9.26. The van der Waals surface area contributed by atoms with Crippen molar-refractivity contribution in [1.82, 2.24) is 0 Å². The van der Waals surface area contributed by atoms with E-state index in [1.807, 2.05) is 0 Å². The minimum absolute atomic E-state index is 0.0139. The van der Waals surface area contributed by atoms with E-state index < -0.39 is 17.3 Å². The Morgan fingerprint density at radius 2 is 1.83 bits per heavy atom. The molecule has 5 aliphatic rings. The van der Waals surface area contributed by atoms with Gasteiger partial charge >= 0.3 is 5.97 Å². The van der Waals surface area contributed by atoms with E-state index in [1.165, 1.54) is 7.11 Å². The third kappa shape index (κ3) is 2.06. The number of allylic oxidation sites excluding steroid dienone is 3. The highest BCUT2D eigenvalue weighted by molar-refractivity contribution is 6.21. The van der Waals surface area contributed by atoms with Gasteiger partial charge in [-0.25, -0.2) is 4.79 Å². The van der Waals surface area contributed by atoms with Crippen LogP contribution < -0.4 is 0 Å². The Labute approximate surface area is 170 Å². The number of hydrogen-bond donors (Lipinski definition) is 0. The molecule has 1 spiro atoms. The van der Waals surface area contributed by atoms with Gasteiger partial charge in [0.05, 0.1) is 12.5 Å². The summed E-state index contributed by atoms with van der Waals surface area (Å²) in [7, 11) is 1.30. The SMILES string of the molecule is COC(=O)C1=C2C3=CC[C@@]4(C)CCC(=O)C34CCC2C2(C)CCC(=O)CC2C1=O. The summed E-state index contributed by atoms with van der Waals surface area (Å²) in [6.07, 6.45) is 7.29. The normalized spacial score (nSPS) is 43.4. The maximum atomic E-state index is 13.6. The maximum absolute atomic E-state index is 13.6. The maximum Gasteiger partial charge on any atom is 0.341 e. The minimum atomic E-state index is -0.618. The van der Waals surface area contributed by atoms with Crippen molar-refractivity contribution in [2.24, 2.45) is 28.1 Å². The first-order chi connectivity index (χ1) is 13.7. The van der Waals surface area contributed by atoms with Gasteiger partial charge in [-0.15, -0.1) is 0 Å². The summed E-state index contributed by atoms with van der Waals surface area (Å²) in [5, 5.41) is 0. The molecule has 0 amide bonds. The summed E-state index contributed by atoms with van der Waals surface area (Å²) in [6, 6.07) is 0. The van der Waals surface area contributed by atoms with Gasteiger partial charge in [0.2, 0.25) is 0 Å². The number of ether oxygens (including phenoxy) is 1. The van der Waals surface area contributed by atoms with Gasteiger partial charge in [0.1, 0.15) is 17.1 Å². The van der Waals surface area contributed by atoms with Gasteiger partial charge < -0.3 is 4.74 Å². The Morgan fingerprint density at radius 1 is 1.07 bits per heavy atom. The fourth-order valence-corrected chi connectivity index (χ4v) is 7.56. The predicted octanol–water partition coefficient (Wildman–Crippen LogP) is 3.51. The second-order valence-electron chi connectivity index (χ2n) is 10.2. The molecule has 0 heterocycles. The molecule has 0 N–H and O–H groups in total. The van der Waals surface area contributed by atoms with Gasteiger partial charge in [0.15, 0.2) is 5.78 Å². The average Bonchev–Trinajstić information content (AvgIpc) is 3.13. The summed E-state index contributed by atoms with van der Waals surface area (Å²) in [5.41, 5.74) is 0.794. The van der Waals surface area contributed by atoms with E-state index in [0.717, 1.165) is 36.8 Å². The monoisotopic (exact) mass is 396 g/mol. The summed E-state index contributed by atoms with van der Waals surface area (Å²) in [6.45, 7) is 4.30. The zero-order valence-corrected chi connectivity index (χ0v) is 17.4. The van der Waals surface area contributed by atoms with Gasteiger partial charge in [0.25, 0.3) is 0 Å². The largest absolute Gasteiger partial charge is 0.465 e. The number of carbonyl (C=O) groups is 4. The minimum Gasteiger partial charge on any atom is -0.465 e. The van der Waals surface area contributed by atoms with E-state index in [0.29, 0.717) is 19.3 Å². The zero-order chi connectivity index (χ0) is 20.8. The number of methoxy groups -OCH3 is 1. The number of hydrogen-bond acceptors (Lipinski definition) is 5. The molecule has 0 saturated heterocycles. The molecule has 3 fully saturated rings. The van der Waals surface area contributed by atoms with Gasteiger partial charge in [-0.1, -0.05) is 19.9 Å². The molecular weight excluding hydrogens is 368 g/mol. The van der Waals surface area contributed by atoms with Crippen molar-refractivity contribution in [1.29, 1.82) is 0 Å². The van der Waals surface area contributed by atoms with E-state index in [9.17, 15) is 19.2 Å². The van der Waals surface area contributed by atoms with Crippen LogP contribution in [0.5, 0.6) is 0 Å². The third-order valence-electron chi connectivity index (χ3n) is 9.26. The number of ketones is 3. The smallest absolute Gasteiger partial charge is 0.341 e. The lowest BCUT2D eigenvalue weighted by Crippen LogP contribution is -2.54. The summed E-state index contributed by atoms with van der Waals surface area (Å²) < 4.78 is 5.04. The highest BCUT2D eigenvalue weighted by atomic mass is 16.5. The molecule has 5 heteroatoms. The summed E-state index contributed by atoms with van der Waals surface area (Å²) in [5.74, 6) is -0.965. The van der Waals surface area contributed by atoms with E-state index >= 15 is 0 Å². The van der Waals surface area contributed by atoms with E-state index in [4.69, 9.17) is 4.74 Å². The van der Waals surface area contributed by atoms with Crippen LogP contribution in [0.25, 0.3) is 0 Å². The first-order valence-electron chi connectivity index (χ1n) is 10.8. The Kier molecular flexibility index (Phi) is 3.77. The lowest BCUT2D eigenvalue weighted by Gasteiger charge is -2.55. The standard InChI is InChI=1S/C24H28O5/c1-22-8-5-15-18-14(6-11-24(15,22)17(26)7-9-22)23(2)10-4-13(25)12-16(23)20(27)19(18)21(28)29-3/h5,14,16H,4,6-12H2,1-3H3/t14?,16?,22-,23?,24?/m0/s1. The highest BCUT2D eigenvalue weighted by Crippen LogP contribution is 2.71. The summed E-state index contributed by atoms with van der Waals surface area (Å²) in [4.78, 5) is 51.8. The fourth-order valence-electron chi connectivity index (χ4n) is 7.56. The number of esters is 1. The van der Waals surface area contributed by atoms with Crippen molar-refractivity contribution < 1.29 is 23.9 Å². The lowest BCUT2D eigenvalue weighted by atomic mass is 9.46. The molecule has 4 unspecified atom stereocenters. The van der Waals surface area contributed by atoms with E-state index in [-0.39, 0.29) is 46.1 Å². The Morgan fingerprint density at radius 3 is 2.55 bits per heavy atom. The van der Waals surface area contributed by atoms with Gasteiger partial charge in [-0.2, -0.15) is 0 Å². The molecule has 5 rings (SSSR count). The molecule has 0 bridgehead atoms. The molecule has 5 nitrogen and oxygen atoms in total. The van der Waals surface area contributed by atoms with Crippen LogP contribution in [-0.2, 0) is 23.9 Å². The van der Waals surface area contributed by atoms with Crippen LogP contribution in [0.4, 0.5) is 0 Å². The predicted molar refractivity (Wildman–Crippen MR) is 105 cm³/mol. The molecule has 5 aliphatic carbocycles. The van der Waals surface area contributed by atoms with Crippen LogP contribution in [0.1, 0.15) is 65.2 Å². The van der Waals surface area contributed by atoms with Crippen molar-refractivity contribution in [3.05, 3.63) is 22.8 Å². The molecule has 0 radical (unpaired) electrons. The van der Waals surface area contributed by atoms with Gasteiger partial charge in [-0.3, -0.25) is 14.4 Å². The Hall–Kier alpha value is -2.04. The van der Waals surface area contributed by atoms with Crippen LogP contribution in [0, 0.1) is 28.1 Å². The molecule has 0 aromatic carbocycles. The molecule has 154 valence electrons. The van der Waals surface area contributed by atoms with Crippen molar-refractivity contribution in [2.45, 2.75) is 65.2 Å². The number of Topliss-reactive ketones (excluding diaryl/α,β-unsaturated/α-hetero) is 3. The first-order valence-corrected chi connectivity index (χ1v) is 10.8. The van der Waals surface area contributed by atoms with Crippen molar-refractivity contribution >= 4 is 23.3 Å². The topological polar surface area (TPSA) is 77.5 Å². The van der Waals surface area contributed by atoms with Crippen LogP contribution >= 0.6 is 0 Å². The Bertz CT molecular complexity index is 939.